The van der Waals surface area contributed by atoms with Crippen LogP contribution in [0.25, 0.3) is 11.3 Å². The van der Waals surface area contributed by atoms with E-state index in [1.54, 1.807) is 12.1 Å². The summed E-state index contributed by atoms with van der Waals surface area (Å²) in [4.78, 5) is 9.01. The zero-order chi connectivity index (χ0) is 14.0. The van der Waals surface area contributed by atoms with Crippen molar-refractivity contribution in [2.45, 2.75) is 20.8 Å². The third-order valence-corrected chi connectivity index (χ3v) is 3.13. The average molecular weight is 280 g/mol. The van der Waals surface area contributed by atoms with Gasteiger partial charge in [0.2, 0.25) is 0 Å². The highest BCUT2D eigenvalue weighted by Crippen LogP contribution is 2.28. The minimum Gasteiger partial charge on any atom is -0.369 e. The van der Waals surface area contributed by atoms with Crippen LogP contribution in [0.2, 0.25) is 5.02 Å². The molecule has 0 amide bonds. The van der Waals surface area contributed by atoms with Gasteiger partial charge >= 0.3 is 0 Å². The van der Waals surface area contributed by atoms with Crippen molar-refractivity contribution in [1.82, 2.24) is 9.97 Å². The average Bonchev–Trinajstić information content (AvgIpc) is 2.37. The molecule has 1 aromatic heterocycles. The van der Waals surface area contributed by atoms with Crippen LogP contribution >= 0.6 is 11.6 Å². The molecule has 0 unspecified atom stereocenters. The van der Waals surface area contributed by atoms with E-state index < -0.39 is 5.82 Å². The molecule has 5 heteroatoms. The van der Waals surface area contributed by atoms with Crippen molar-refractivity contribution >= 4 is 17.4 Å². The van der Waals surface area contributed by atoms with Crippen LogP contribution in [0.1, 0.15) is 18.3 Å². The maximum Gasteiger partial charge on any atom is 0.152 e. The van der Waals surface area contributed by atoms with Gasteiger partial charge < -0.3 is 5.32 Å². The van der Waals surface area contributed by atoms with Gasteiger partial charge in [-0.15, -0.1) is 0 Å². The molecule has 0 aliphatic rings. The van der Waals surface area contributed by atoms with Gasteiger partial charge in [0.15, 0.2) is 5.82 Å². The molecule has 0 aliphatic heterocycles. The van der Waals surface area contributed by atoms with Gasteiger partial charge in [0.25, 0.3) is 0 Å². The van der Waals surface area contributed by atoms with E-state index in [0.717, 1.165) is 23.5 Å². The van der Waals surface area contributed by atoms with Crippen molar-refractivity contribution in [2.75, 3.05) is 11.9 Å². The molecule has 0 spiro atoms. The van der Waals surface area contributed by atoms with E-state index >= 15 is 0 Å². The standard InChI is InChI=1S/C14H15ClFN3/c1-4-17-14-13(18-8(2)9(3)19-14)10-5-6-12(16)11(15)7-10/h5-7H,4H2,1-3H3,(H,17,19). The summed E-state index contributed by atoms with van der Waals surface area (Å²) in [5, 5.41) is 3.25. The minimum absolute atomic E-state index is 0.0833. The van der Waals surface area contributed by atoms with E-state index in [1.165, 1.54) is 6.07 Å². The summed E-state index contributed by atoms with van der Waals surface area (Å²) >= 11 is 5.82. The summed E-state index contributed by atoms with van der Waals surface area (Å²) in [5.74, 6) is 0.250. The largest absolute Gasteiger partial charge is 0.369 e. The maximum atomic E-state index is 13.2. The molecule has 2 aromatic rings. The van der Waals surface area contributed by atoms with Crippen molar-refractivity contribution < 1.29 is 4.39 Å². The number of benzene rings is 1. The third-order valence-electron chi connectivity index (χ3n) is 2.84. The second kappa shape index (κ2) is 5.53. The van der Waals surface area contributed by atoms with Crippen molar-refractivity contribution in [3.63, 3.8) is 0 Å². The number of nitrogens with zero attached hydrogens (tertiary/aromatic N) is 2. The fourth-order valence-corrected chi connectivity index (χ4v) is 1.92. The Hall–Kier alpha value is -1.68. The lowest BCUT2D eigenvalue weighted by atomic mass is 10.1. The predicted octanol–water partition coefficient (Wildman–Crippen LogP) is 3.98. The van der Waals surface area contributed by atoms with Crippen molar-refractivity contribution in [2.24, 2.45) is 0 Å². The highest BCUT2D eigenvalue weighted by Gasteiger charge is 2.12. The molecular formula is C14H15ClFN3. The monoisotopic (exact) mass is 279 g/mol. The van der Waals surface area contributed by atoms with E-state index in [1.807, 2.05) is 20.8 Å². The number of rotatable bonds is 3. The SMILES string of the molecule is CCNc1nc(C)c(C)nc1-c1ccc(F)c(Cl)c1. The van der Waals surface area contributed by atoms with Crippen molar-refractivity contribution in [3.05, 3.63) is 40.4 Å². The molecule has 0 fully saturated rings. The van der Waals surface area contributed by atoms with Gasteiger partial charge in [0.1, 0.15) is 11.5 Å². The van der Waals surface area contributed by atoms with Crippen LogP contribution in [0.4, 0.5) is 10.2 Å². The Morgan fingerprint density at radius 3 is 2.53 bits per heavy atom. The number of aromatic nitrogens is 2. The maximum absolute atomic E-state index is 13.2. The van der Waals surface area contributed by atoms with E-state index in [-0.39, 0.29) is 5.02 Å². The summed E-state index contributed by atoms with van der Waals surface area (Å²) in [6.45, 7) is 6.52. The fraction of sp³-hybridized carbons (Fsp3) is 0.286. The van der Waals surface area contributed by atoms with Crippen LogP contribution in [0, 0.1) is 19.7 Å². The minimum atomic E-state index is -0.438. The Bertz CT molecular complexity index is 614. The van der Waals surface area contributed by atoms with E-state index in [9.17, 15) is 4.39 Å². The zero-order valence-electron chi connectivity index (χ0n) is 11.1. The number of aryl methyl sites for hydroxylation is 2. The fourth-order valence-electron chi connectivity index (χ4n) is 1.74. The van der Waals surface area contributed by atoms with Gasteiger partial charge in [0.05, 0.1) is 16.4 Å². The molecule has 100 valence electrons. The molecule has 0 bridgehead atoms. The normalized spacial score (nSPS) is 10.6. The van der Waals surface area contributed by atoms with E-state index in [2.05, 4.69) is 15.3 Å². The molecule has 2 rings (SSSR count). The summed E-state index contributed by atoms with van der Waals surface area (Å²) < 4.78 is 13.2. The van der Waals surface area contributed by atoms with Gasteiger partial charge in [-0.3, -0.25) is 0 Å². The van der Waals surface area contributed by atoms with E-state index in [0.29, 0.717) is 11.5 Å². The number of nitrogens with one attached hydrogen (secondary N) is 1. The lowest BCUT2D eigenvalue weighted by Crippen LogP contribution is -2.06. The molecule has 0 saturated heterocycles. The lowest BCUT2D eigenvalue weighted by Gasteiger charge is -2.12. The summed E-state index contributed by atoms with van der Waals surface area (Å²) in [6, 6.07) is 4.56. The number of halogens is 2. The van der Waals surface area contributed by atoms with Gasteiger partial charge in [0, 0.05) is 12.1 Å². The first-order valence-electron chi connectivity index (χ1n) is 6.07. The van der Waals surface area contributed by atoms with Crippen LogP contribution in [0.5, 0.6) is 0 Å². The molecule has 0 atom stereocenters. The molecule has 0 radical (unpaired) electrons. The first-order chi connectivity index (χ1) is 9.02. The molecule has 1 N–H and O–H groups in total. The first kappa shape index (κ1) is 13.7. The smallest absolute Gasteiger partial charge is 0.152 e. The van der Waals surface area contributed by atoms with E-state index in [4.69, 9.17) is 11.6 Å². The summed E-state index contributed by atoms with van der Waals surface area (Å²) in [5.41, 5.74) is 3.15. The second-order valence-corrected chi connectivity index (χ2v) is 4.66. The number of hydrogen-bond donors (Lipinski definition) is 1. The van der Waals surface area contributed by atoms with Crippen molar-refractivity contribution in [3.8, 4) is 11.3 Å². The highest BCUT2D eigenvalue weighted by molar-refractivity contribution is 6.31. The van der Waals surface area contributed by atoms with Crippen molar-refractivity contribution in [1.29, 1.82) is 0 Å². The molecule has 3 nitrogen and oxygen atoms in total. The Kier molecular flexibility index (Phi) is 4.00. The van der Waals surface area contributed by atoms with Crippen LogP contribution in [0.15, 0.2) is 18.2 Å². The molecule has 1 aromatic carbocycles. The molecule has 0 aliphatic carbocycles. The van der Waals surface area contributed by atoms with Gasteiger partial charge in [-0.25, -0.2) is 14.4 Å². The van der Waals surface area contributed by atoms with Gasteiger partial charge in [-0.1, -0.05) is 11.6 Å². The van der Waals surface area contributed by atoms with Crippen LogP contribution < -0.4 is 5.32 Å². The van der Waals surface area contributed by atoms with Crippen LogP contribution in [-0.2, 0) is 0 Å². The lowest BCUT2D eigenvalue weighted by molar-refractivity contribution is 0.628. The number of anilines is 1. The Labute approximate surface area is 116 Å². The Morgan fingerprint density at radius 2 is 1.89 bits per heavy atom. The second-order valence-electron chi connectivity index (χ2n) is 4.25. The Morgan fingerprint density at radius 1 is 1.21 bits per heavy atom. The third kappa shape index (κ3) is 2.84. The Balaban J connectivity index is 2.59. The first-order valence-corrected chi connectivity index (χ1v) is 6.45. The van der Waals surface area contributed by atoms with Gasteiger partial charge in [-0.05, 0) is 39.0 Å². The molecule has 0 saturated carbocycles. The predicted molar refractivity (Wildman–Crippen MR) is 76.1 cm³/mol. The quantitative estimate of drug-likeness (QED) is 0.923. The summed E-state index contributed by atoms with van der Waals surface area (Å²) in [7, 11) is 0. The zero-order valence-corrected chi connectivity index (χ0v) is 11.8. The topological polar surface area (TPSA) is 37.8 Å². The molecule has 19 heavy (non-hydrogen) atoms. The summed E-state index contributed by atoms with van der Waals surface area (Å²) in [6.07, 6.45) is 0. The van der Waals surface area contributed by atoms with Gasteiger partial charge in [-0.2, -0.15) is 0 Å². The highest BCUT2D eigenvalue weighted by atomic mass is 35.5. The number of hydrogen-bond acceptors (Lipinski definition) is 3. The van der Waals surface area contributed by atoms with Crippen LogP contribution in [-0.4, -0.2) is 16.5 Å². The molecule has 1 heterocycles. The van der Waals surface area contributed by atoms with Crippen LogP contribution in [0.3, 0.4) is 0 Å². The molecular weight excluding hydrogens is 265 g/mol.